The number of nitrogens with zero attached hydrogens (tertiary/aromatic N) is 2. The van der Waals surface area contributed by atoms with Gasteiger partial charge in [-0.05, 0) is 26.3 Å². The molecule has 1 N–H and O–H groups in total. The molecule has 96 valence electrons. The molecule has 3 rings (SSSR count). The normalized spacial score (nSPS) is 18.6. The quantitative estimate of drug-likeness (QED) is 0.907. The summed E-state index contributed by atoms with van der Waals surface area (Å²) in [5.74, 6) is 1.38. The Labute approximate surface area is 112 Å². The van der Waals surface area contributed by atoms with Crippen molar-refractivity contribution in [2.75, 3.05) is 6.54 Å². The Bertz CT molecular complexity index is 503. The van der Waals surface area contributed by atoms with Crippen molar-refractivity contribution in [1.29, 1.82) is 0 Å². The molecule has 1 atom stereocenters. The molecule has 1 fully saturated rings. The van der Waals surface area contributed by atoms with Crippen molar-refractivity contribution in [3.63, 3.8) is 0 Å². The number of halogens is 1. The molecule has 0 saturated carbocycles. The summed E-state index contributed by atoms with van der Waals surface area (Å²) in [6.45, 7) is 3.10. The van der Waals surface area contributed by atoms with Crippen LogP contribution in [0.2, 0.25) is 0 Å². The summed E-state index contributed by atoms with van der Waals surface area (Å²) < 4.78 is 5.31. The fourth-order valence-electron chi connectivity index (χ4n) is 2.09. The van der Waals surface area contributed by atoms with E-state index < -0.39 is 0 Å². The van der Waals surface area contributed by atoms with E-state index in [1.54, 1.807) is 0 Å². The van der Waals surface area contributed by atoms with Crippen molar-refractivity contribution >= 4 is 12.4 Å². The smallest absolute Gasteiger partial charge is 0.244 e. The third-order valence-corrected chi connectivity index (χ3v) is 3.11. The van der Waals surface area contributed by atoms with Gasteiger partial charge in [0.25, 0.3) is 0 Å². The Kier molecular flexibility index (Phi) is 3.99. The van der Waals surface area contributed by atoms with Gasteiger partial charge in [-0.2, -0.15) is 4.98 Å². The number of rotatable bonds is 2. The first-order valence-electron chi connectivity index (χ1n) is 5.97. The van der Waals surface area contributed by atoms with Crippen LogP contribution in [0.4, 0.5) is 0 Å². The van der Waals surface area contributed by atoms with Crippen molar-refractivity contribution < 1.29 is 4.52 Å². The average Bonchev–Trinajstić information content (AvgIpc) is 3.00. The molecular formula is C13H16ClN3O. The molecule has 5 heteroatoms. The summed E-state index contributed by atoms with van der Waals surface area (Å²) in [6, 6.07) is 8.39. The Morgan fingerprint density at radius 1 is 1.28 bits per heavy atom. The first-order valence-corrected chi connectivity index (χ1v) is 5.97. The molecule has 2 heterocycles. The van der Waals surface area contributed by atoms with Crippen LogP contribution in [0, 0.1) is 6.92 Å². The van der Waals surface area contributed by atoms with E-state index in [4.69, 9.17) is 4.52 Å². The molecule has 4 nitrogen and oxygen atoms in total. The van der Waals surface area contributed by atoms with Gasteiger partial charge in [0.2, 0.25) is 11.7 Å². The summed E-state index contributed by atoms with van der Waals surface area (Å²) in [5.41, 5.74) is 2.23. The van der Waals surface area contributed by atoms with Crippen molar-refractivity contribution in [3.05, 3.63) is 35.7 Å². The SMILES string of the molecule is Cc1ccc(-c2noc([C@@H]3CCCN3)n2)cc1.Cl. The highest BCUT2D eigenvalue weighted by Crippen LogP contribution is 2.24. The molecule has 1 saturated heterocycles. The van der Waals surface area contributed by atoms with Gasteiger partial charge in [-0.25, -0.2) is 0 Å². The Hall–Kier alpha value is -1.39. The first kappa shape index (κ1) is 13.1. The third kappa shape index (κ3) is 2.54. The van der Waals surface area contributed by atoms with Gasteiger partial charge in [0.1, 0.15) is 0 Å². The minimum Gasteiger partial charge on any atom is -0.337 e. The lowest BCUT2D eigenvalue weighted by Gasteiger charge is -2.01. The number of benzene rings is 1. The standard InChI is InChI=1S/C13H15N3O.ClH/c1-9-4-6-10(7-5-9)12-15-13(17-16-12)11-3-2-8-14-11;/h4-7,11,14H,2-3,8H2,1H3;1H/t11-;/m0./s1. The molecule has 0 bridgehead atoms. The van der Waals surface area contributed by atoms with Gasteiger partial charge in [-0.15, -0.1) is 12.4 Å². The van der Waals surface area contributed by atoms with Crippen LogP contribution in [-0.4, -0.2) is 16.7 Å². The first-order chi connectivity index (χ1) is 8.33. The second-order valence-corrected chi connectivity index (χ2v) is 4.47. The van der Waals surface area contributed by atoms with Crippen molar-refractivity contribution in [2.24, 2.45) is 0 Å². The molecule has 2 aromatic rings. The number of aromatic nitrogens is 2. The van der Waals surface area contributed by atoms with E-state index in [-0.39, 0.29) is 18.4 Å². The molecule has 0 aliphatic carbocycles. The summed E-state index contributed by atoms with van der Waals surface area (Å²) >= 11 is 0. The van der Waals surface area contributed by atoms with Crippen LogP contribution in [0.15, 0.2) is 28.8 Å². The van der Waals surface area contributed by atoms with Crippen LogP contribution in [0.5, 0.6) is 0 Å². The second kappa shape index (κ2) is 5.50. The van der Waals surface area contributed by atoms with E-state index in [1.165, 1.54) is 12.0 Å². The summed E-state index contributed by atoms with van der Waals surface area (Å²) in [4.78, 5) is 4.45. The zero-order chi connectivity index (χ0) is 11.7. The van der Waals surface area contributed by atoms with Gasteiger partial charge in [0.05, 0.1) is 6.04 Å². The maximum atomic E-state index is 5.31. The molecule has 0 amide bonds. The van der Waals surface area contributed by atoms with Crippen LogP contribution >= 0.6 is 12.4 Å². The number of nitrogens with one attached hydrogen (secondary N) is 1. The fourth-order valence-corrected chi connectivity index (χ4v) is 2.09. The highest BCUT2D eigenvalue weighted by Gasteiger charge is 2.22. The zero-order valence-corrected chi connectivity index (χ0v) is 11.0. The maximum absolute atomic E-state index is 5.31. The molecular weight excluding hydrogens is 250 g/mol. The monoisotopic (exact) mass is 265 g/mol. The maximum Gasteiger partial charge on any atom is 0.244 e. The Balaban J connectivity index is 0.00000120. The minimum atomic E-state index is 0. The molecule has 0 radical (unpaired) electrons. The van der Waals surface area contributed by atoms with E-state index in [1.807, 2.05) is 12.1 Å². The predicted molar refractivity (Wildman–Crippen MR) is 71.7 cm³/mol. The van der Waals surface area contributed by atoms with Crippen LogP contribution < -0.4 is 5.32 Å². The van der Waals surface area contributed by atoms with Gasteiger partial charge in [0, 0.05) is 5.56 Å². The molecule has 0 unspecified atom stereocenters. The highest BCUT2D eigenvalue weighted by atomic mass is 35.5. The van der Waals surface area contributed by atoms with Crippen molar-refractivity contribution in [1.82, 2.24) is 15.5 Å². The highest BCUT2D eigenvalue weighted by molar-refractivity contribution is 5.85. The van der Waals surface area contributed by atoms with Crippen molar-refractivity contribution in [3.8, 4) is 11.4 Å². The van der Waals surface area contributed by atoms with E-state index in [9.17, 15) is 0 Å². The molecule has 1 aromatic heterocycles. The summed E-state index contributed by atoms with van der Waals surface area (Å²) in [5, 5.41) is 7.39. The molecule has 1 aliphatic rings. The van der Waals surface area contributed by atoms with Crippen molar-refractivity contribution in [2.45, 2.75) is 25.8 Å². The number of aryl methyl sites for hydroxylation is 1. The lowest BCUT2D eigenvalue weighted by molar-refractivity contribution is 0.345. The van der Waals surface area contributed by atoms with Crippen LogP contribution in [0.3, 0.4) is 0 Å². The molecule has 1 aliphatic heterocycles. The van der Waals surface area contributed by atoms with Gasteiger partial charge < -0.3 is 9.84 Å². The summed E-state index contributed by atoms with van der Waals surface area (Å²) in [7, 11) is 0. The van der Waals surface area contributed by atoms with Crippen LogP contribution in [0.25, 0.3) is 11.4 Å². The van der Waals surface area contributed by atoms with E-state index in [0.29, 0.717) is 11.7 Å². The topological polar surface area (TPSA) is 51.0 Å². The van der Waals surface area contributed by atoms with E-state index in [2.05, 4.69) is 34.5 Å². The van der Waals surface area contributed by atoms with Crippen LogP contribution in [-0.2, 0) is 0 Å². The largest absolute Gasteiger partial charge is 0.337 e. The van der Waals surface area contributed by atoms with Gasteiger partial charge in [-0.3, -0.25) is 0 Å². The van der Waals surface area contributed by atoms with Gasteiger partial charge >= 0.3 is 0 Å². The Morgan fingerprint density at radius 3 is 2.72 bits per heavy atom. The Morgan fingerprint density at radius 2 is 2.06 bits per heavy atom. The zero-order valence-electron chi connectivity index (χ0n) is 10.2. The van der Waals surface area contributed by atoms with E-state index >= 15 is 0 Å². The lowest BCUT2D eigenvalue weighted by atomic mass is 10.1. The summed E-state index contributed by atoms with van der Waals surface area (Å²) in [6.07, 6.45) is 2.25. The van der Waals surface area contributed by atoms with Gasteiger partial charge in [-0.1, -0.05) is 35.0 Å². The van der Waals surface area contributed by atoms with Gasteiger partial charge in [0.15, 0.2) is 0 Å². The fraction of sp³-hybridized carbons (Fsp3) is 0.385. The molecule has 0 spiro atoms. The molecule has 18 heavy (non-hydrogen) atoms. The third-order valence-electron chi connectivity index (χ3n) is 3.11. The second-order valence-electron chi connectivity index (χ2n) is 4.47. The predicted octanol–water partition coefficient (Wildman–Crippen LogP) is 2.89. The number of hydrogen-bond donors (Lipinski definition) is 1. The number of hydrogen-bond acceptors (Lipinski definition) is 4. The lowest BCUT2D eigenvalue weighted by Crippen LogP contribution is -2.12. The van der Waals surface area contributed by atoms with Crippen LogP contribution in [0.1, 0.15) is 30.3 Å². The minimum absolute atomic E-state index is 0. The average molecular weight is 266 g/mol. The van der Waals surface area contributed by atoms with E-state index in [0.717, 1.165) is 18.5 Å². The molecule has 1 aromatic carbocycles.